The van der Waals surface area contributed by atoms with Crippen LogP contribution >= 0.6 is 0 Å². The van der Waals surface area contributed by atoms with Crippen LogP contribution in [0.1, 0.15) is 49.9 Å². The molecule has 0 saturated carbocycles. The Morgan fingerprint density at radius 2 is 2.09 bits per heavy atom. The van der Waals surface area contributed by atoms with E-state index in [0.717, 1.165) is 18.4 Å². The van der Waals surface area contributed by atoms with Crippen molar-refractivity contribution < 1.29 is 14.0 Å². The lowest BCUT2D eigenvalue weighted by molar-refractivity contribution is 0.166. The van der Waals surface area contributed by atoms with Gasteiger partial charge in [0.1, 0.15) is 11.8 Å². The Balaban J connectivity index is 1.60. The molecule has 7 heteroatoms. The lowest BCUT2D eigenvalue weighted by Crippen LogP contribution is -2.32. The minimum Gasteiger partial charge on any atom is -0.490 e. The maximum atomic E-state index is 9.50. The molecule has 1 aliphatic carbocycles. The maximum Gasteiger partial charge on any atom is 0.258 e. The summed E-state index contributed by atoms with van der Waals surface area (Å²) < 4.78 is 16.5. The molecule has 166 valence electrons. The molecule has 0 fully saturated rings. The average Bonchev–Trinajstić information content (AvgIpc) is 3.41. The predicted molar refractivity (Wildman–Crippen MR) is 121 cm³/mol. The van der Waals surface area contributed by atoms with Gasteiger partial charge in [0.05, 0.1) is 18.3 Å². The van der Waals surface area contributed by atoms with Crippen molar-refractivity contribution in [3.63, 3.8) is 0 Å². The minimum absolute atomic E-state index is 0.0149. The molecule has 7 nitrogen and oxygen atoms in total. The van der Waals surface area contributed by atoms with Crippen LogP contribution in [0.15, 0.2) is 40.9 Å². The van der Waals surface area contributed by atoms with Crippen LogP contribution in [0.25, 0.3) is 22.8 Å². The number of nitrogens with zero attached hydrogens (tertiary/aromatic N) is 3. The Morgan fingerprint density at radius 1 is 1.25 bits per heavy atom. The van der Waals surface area contributed by atoms with Crippen LogP contribution < -0.4 is 10.1 Å². The largest absolute Gasteiger partial charge is 0.490 e. The molecular formula is C25H28N4O3. The molecule has 0 bridgehead atoms. The highest BCUT2D eigenvalue weighted by atomic mass is 16.5. The van der Waals surface area contributed by atoms with Gasteiger partial charge in [0, 0.05) is 30.3 Å². The number of nitriles is 1. The van der Waals surface area contributed by atoms with Crippen molar-refractivity contribution in [3.8, 4) is 34.7 Å². The molecule has 4 rings (SSSR count). The molecule has 0 aliphatic heterocycles. The van der Waals surface area contributed by atoms with Gasteiger partial charge in [-0.15, -0.1) is 0 Å². The number of methoxy groups -OCH3 is 1. The standard InChI is InChI=1S/C25H28N4O3/c1-15(2)31-23-11-8-17(12-18(23)13-26)25-28-24(29-32-25)21-7-5-6-20-19(21)9-10-22(20)27-16(3)14-30-4/h5-8,11-12,15-16,22,27H,9-10,14H2,1-4H3. The molecular weight excluding hydrogens is 404 g/mol. The Hall–Kier alpha value is -3.21. The minimum atomic E-state index is -0.0149. The normalized spacial score (nSPS) is 16.1. The summed E-state index contributed by atoms with van der Waals surface area (Å²) in [5.74, 6) is 1.49. The van der Waals surface area contributed by atoms with Gasteiger partial charge in [-0.05, 0) is 62.9 Å². The van der Waals surface area contributed by atoms with E-state index in [2.05, 4.69) is 34.5 Å². The molecule has 1 heterocycles. The first-order valence-electron chi connectivity index (χ1n) is 10.9. The zero-order valence-corrected chi connectivity index (χ0v) is 18.9. The maximum absolute atomic E-state index is 9.50. The Morgan fingerprint density at radius 3 is 2.84 bits per heavy atom. The molecule has 0 radical (unpaired) electrons. The lowest BCUT2D eigenvalue weighted by atomic mass is 10.0. The van der Waals surface area contributed by atoms with Crippen molar-refractivity contribution >= 4 is 0 Å². The SMILES string of the molecule is COCC(C)NC1CCc2c(-c3noc(-c4ccc(OC(C)C)c(C#N)c4)n3)cccc21. The van der Waals surface area contributed by atoms with Crippen LogP contribution in [0.2, 0.25) is 0 Å². The molecule has 0 amide bonds. The molecule has 2 unspecified atom stereocenters. The van der Waals surface area contributed by atoms with Crippen LogP contribution in [-0.2, 0) is 11.2 Å². The summed E-state index contributed by atoms with van der Waals surface area (Å²) in [5, 5.41) is 17.4. The molecule has 2 atom stereocenters. The van der Waals surface area contributed by atoms with E-state index in [1.165, 1.54) is 11.1 Å². The van der Waals surface area contributed by atoms with Crippen molar-refractivity contribution in [2.24, 2.45) is 0 Å². The fraction of sp³-hybridized carbons (Fsp3) is 0.400. The summed E-state index contributed by atoms with van der Waals surface area (Å²) in [6.07, 6.45) is 1.96. The number of hydrogen-bond donors (Lipinski definition) is 1. The van der Waals surface area contributed by atoms with Gasteiger partial charge in [-0.2, -0.15) is 10.2 Å². The third kappa shape index (κ3) is 4.52. The van der Waals surface area contributed by atoms with Crippen molar-refractivity contribution in [2.75, 3.05) is 13.7 Å². The van der Waals surface area contributed by atoms with Crippen LogP contribution in [-0.4, -0.2) is 36.0 Å². The molecule has 3 aromatic rings. The van der Waals surface area contributed by atoms with Gasteiger partial charge in [0.15, 0.2) is 0 Å². The molecule has 1 aliphatic rings. The van der Waals surface area contributed by atoms with Crippen LogP contribution in [0.5, 0.6) is 5.75 Å². The number of rotatable bonds is 8. The average molecular weight is 433 g/mol. The second-order valence-electron chi connectivity index (χ2n) is 8.40. The molecule has 0 spiro atoms. The van der Waals surface area contributed by atoms with Gasteiger partial charge in [-0.3, -0.25) is 0 Å². The van der Waals surface area contributed by atoms with Crippen molar-refractivity contribution in [2.45, 2.75) is 51.8 Å². The van der Waals surface area contributed by atoms with Gasteiger partial charge in [-0.25, -0.2) is 0 Å². The smallest absolute Gasteiger partial charge is 0.258 e. The molecule has 0 saturated heterocycles. The van der Waals surface area contributed by atoms with Crippen molar-refractivity contribution in [1.82, 2.24) is 15.5 Å². The number of ether oxygens (including phenoxy) is 2. The third-order valence-electron chi connectivity index (χ3n) is 5.55. The second-order valence-corrected chi connectivity index (χ2v) is 8.40. The third-order valence-corrected chi connectivity index (χ3v) is 5.55. The van der Waals surface area contributed by atoms with Gasteiger partial charge >= 0.3 is 0 Å². The van der Waals surface area contributed by atoms with Crippen molar-refractivity contribution in [1.29, 1.82) is 5.26 Å². The quantitative estimate of drug-likeness (QED) is 0.553. The summed E-state index contributed by atoms with van der Waals surface area (Å²) in [5.41, 5.74) is 4.65. The first-order valence-corrected chi connectivity index (χ1v) is 10.9. The van der Waals surface area contributed by atoms with Gasteiger partial charge in [-0.1, -0.05) is 23.4 Å². The van der Waals surface area contributed by atoms with E-state index in [4.69, 9.17) is 14.0 Å². The summed E-state index contributed by atoms with van der Waals surface area (Å²) in [6, 6.07) is 14.3. The lowest BCUT2D eigenvalue weighted by Gasteiger charge is -2.20. The van der Waals surface area contributed by atoms with E-state index in [1.54, 1.807) is 19.2 Å². The predicted octanol–water partition coefficient (Wildman–Crippen LogP) is 4.67. The highest BCUT2D eigenvalue weighted by Crippen LogP contribution is 2.37. The van der Waals surface area contributed by atoms with E-state index >= 15 is 0 Å². The summed E-state index contributed by atoms with van der Waals surface area (Å²) >= 11 is 0. The molecule has 1 N–H and O–H groups in total. The van der Waals surface area contributed by atoms with Crippen molar-refractivity contribution in [3.05, 3.63) is 53.1 Å². The zero-order valence-electron chi connectivity index (χ0n) is 18.9. The fourth-order valence-electron chi connectivity index (χ4n) is 4.24. The van der Waals surface area contributed by atoms with Gasteiger partial charge in [0.25, 0.3) is 5.89 Å². The first kappa shape index (κ1) is 22.0. The van der Waals surface area contributed by atoms with E-state index in [-0.39, 0.29) is 18.2 Å². The zero-order chi connectivity index (χ0) is 22.7. The highest BCUT2D eigenvalue weighted by Gasteiger charge is 2.27. The van der Waals surface area contributed by atoms with Gasteiger partial charge in [0.2, 0.25) is 5.82 Å². The van der Waals surface area contributed by atoms with E-state index < -0.39 is 0 Å². The Kier molecular flexibility index (Phi) is 6.54. The molecule has 2 aromatic carbocycles. The van der Waals surface area contributed by atoms with E-state index in [1.807, 2.05) is 32.0 Å². The van der Waals surface area contributed by atoms with E-state index in [9.17, 15) is 5.26 Å². The Bertz CT molecular complexity index is 1130. The number of hydrogen-bond acceptors (Lipinski definition) is 7. The number of aromatic nitrogens is 2. The number of benzene rings is 2. The van der Waals surface area contributed by atoms with Gasteiger partial charge < -0.3 is 19.3 Å². The number of nitrogens with one attached hydrogen (secondary N) is 1. The molecule has 32 heavy (non-hydrogen) atoms. The van der Waals surface area contributed by atoms with E-state index in [0.29, 0.717) is 35.2 Å². The fourth-order valence-corrected chi connectivity index (χ4v) is 4.24. The van der Waals surface area contributed by atoms with Crippen LogP contribution in [0.4, 0.5) is 0 Å². The summed E-state index contributed by atoms with van der Waals surface area (Å²) in [6.45, 7) is 6.65. The number of fused-ring (bicyclic) bond motifs is 1. The molecule has 1 aromatic heterocycles. The van der Waals surface area contributed by atoms with Crippen LogP contribution in [0, 0.1) is 11.3 Å². The Labute approximate surface area is 188 Å². The second kappa shape index (κ2) is 9.51. The topological polar surface area (TPSA) is 93.2 Å². The first-order chi connectivity index (χ1) is 15.5. The monoisotopic (exact) mass is 432 g/mol. The van der Waals surface area contributed by atoms with Crippen LogP contribution in [0.3, 0.4) is 0 Å². The highest BCUT2D eigenvalue weighted by molar-refractivity contribution is 5.67. The summed E-state index contributed by atoms with van der Waals surface area (Å²) in [7, 11) is 1.72. The summed E-state index contributed by atoms with van der Waals surface area (Å²) in [4.78, 5) is 4.64.